The van der Waals surface area contributed by atoms with Crippen LogP contribution in [0.5, 0.6) is 5.75 Å². The Hall–Kier alpha value is -4.42. The largest absolute Gasteiger partial charge is 0.501 e. The molecule has 0 radical (unpaired) electrons. The average molecular weight is 624 g/mol. The second kappa shape index (κ2) is 11.0. The molecule has 4 aromatic rings. The number of phenols is 1. The summed E-state index contributed by atoms with van der Waals surface area (Å²) in [7, 11) is 0. The highest BCUT2D eigenvalue weighted by Crippen LogP contribution is 2.36. The van der Waals surface area contributed by atoms with Crippen molar-refractivity contribution in [2.75, 3.05) is 6.61 Å². The summed E-state index contributed by atoms with van der Waals surface area (Å²) in [4.78, 5) is 42.9. The van der Waals surface area contributed by atoms with Gasteiger partial charge in [0.25, 0.3) is 5.56 Å². The Bertz CT molecular complexity index is 1870. The van der Waals surface area contributed by atoms with Crippen molar-refractivity contribution in [2.45, 2.75) is 13.0 Å². The van der Waals surface area contributed by atoms with E-state index in [2.05, 4.69) is 15.9 Å². The minimum absolute atomic E-state index is 0.0828. The van der Waals surface area contributed by atoms with E-state index in [-0.39, 0.29) is 31.5 Å². The molecule has 9 nitrogen and oxygen atoms in total. The van der Waals surface area contributed by atoms with Crippen molar-refractivity contribution in [2.24, 2.45) is 4.99 Å². The number of ether oxygens (including phenoxy) is 1. The molecule has 1 aliphatic rings. The van der Waals surface area contributed by atoms with E-state index in [1.54, 1.807) is 31.2 Å². The topological polar surface area (TPSA) is 124 Å². The van der Waals surface area contributed by atoms with Crippen LogP contribution < -0.4 is 14.9 Å². The molecule has 202 valence electrons. The Labute approximate surface area is 238 Å². The molecule has 0 bridgehead atoms. The third-order valence-corrected chi connectivity index (χ3v) is 7.71. The Balaban J connectivity index is 1.82. The second-order valence-electron chi connectivity index (χ2n) is 8.61. The summed E-state index contributed by atoms with van der Waals surface area (Å²) in [5.74, 6) is -1.70. The third kappa shape index (κ3) is 4.98. The second-order valence-corrected chi connectivity index (χ2v) is 10.5. The lowest BCUT2D eigenvalue weighted by molar-refractivity contribution is -0.386. The van der Waals surface area contributed by atoms with Gasteiger partial charge in [-0.3, -0.25) is 19.5 Å². The molecule has 0 unspecified atom stereocenters. The van der Waals surface area contributed by atoms with E-state index in [4.69, 9.17) is 9.73 Å². The fourth-order valence-electron chi connectivity index (χ4n) is 4.38. The van der Waals surface area contributed by atoms with E-state index in [1.165, 1.54) is 41.0 Å². The molecule has 3 aromatic carbocycles. The fourth-order valence-corrected chi connectivity index (χ4v) is 5.85. The predicted molar refractivity (Wildman–Crippen MR) is 150 cm³/mol. The number of carbonyl (C=O) groups excluding carboxylic acids is 1. The SMILES string of the molecule is CCOC(=O)C1=C(c2ccccc2)N=c2s/c(=C\c3cc(Br)c(O)c([N+](=O)[O-])c3)c(=O)n2[C@H]1c1ccc(F)cc1. The lowest BCUT2D eigenvalue weighted by atomic mass is 9.93. The van der Waals surface area contributed by atoms with Crippen LogP contribution in [0, 0.1) is 15.9 Å². The maximum atomic E-state index is 13.9. The summed E-state index contributed by atoms with van der Waals surface area (Å²) in [5.41, 5.74) is 0.739. The molecule has 40 heavy (non-hydrogen) atoms. The van der Waals surface area contributed by atoms with Crippen LogP contribution in [0.2, 0.25) is 0 Å². The monoisotopic (exact) mass is 623 g/mol. The number of hydrogen-bond donors (Lipinski definition) is 1. The van der Waals surface area contributed by atoms with Crippen LogP contribution in [0.1, 0.15) is 29.7 Å². The average Bonchev–Trinajstić information content (AvgIpc) is 3.25. The first-order valence-electron chi connectivity index (χ1n) is 11.9. The number of nitrogens with zero attached hydrogens (tertiary/aromatic N) is 3. The van der Waals surface area contributed by atoms with Crippen molar-refractivity contribution in [1.82, 2.24) is 4.57 Å². The van der Waals surface area contributed by atoms with Crippen molar-refractivity contribution in [3.63, 3.8) is 0 Å². The minimum Gasteiger partial charge on any atom is -0.501 e. The number of rotatable bonds is 6. The van der Waals surface area contributed by atoms with Crippen molar-refractivity contribution < 1.29 is 24.0 Å². The summed E-state index contributed by atoms with van der Waals surface area (Å²) in [6.07, 6.45) is 1.44. The van der Waals surface area contributed by atoms with Gasteiger partial charge >= 0.3 is 11.7 Å². The quantitative estimate of drug-likeness (QED) is 0.192. The zero-order chi connectivity index (χ0) is 28.6. The number of benzene rings is 3. The summed E-state index contributed by atoms with van der Waals surface area (Å²) in [5, 5.41) is 21.4. The Morgan fingerprint density at radius 3 is 2.58 bits per heavy atom. The maximum absolute atomic E-state index is 13.9. The van der Waals surface area contributed by atoms with Crippen molar-refractivity contribution in [3.8, 4) is 5.75 Å². The van der Waals surface area contributed by atoms with Crippen LogP contribution in [-0.2, 0) is 9.53 Å². The molecule has 0 aliphatic carbocycles. The number of nitro groups is 1. The molecule has 12 heteroatoms. The van der Waals surface area contributed by atoms with E-state index in [0.29, 0.717) is 16.8 Å². The predicted octanol–water partition coefficient (Wildman–Crippen LogP) is 4.45. The summed E-state index contributed by atoms with van der Waals surface area (Å²) in [6, 6.07) is 16.0. The standard InChI is InChI=1S/C28H19BrFN3O6S/c1-2-39-27(36)22-23(16-6-4-3-5-7-16)31-28-32(24(22)17-8-10-18(30)11-9-17)26(35)21(40-28)14-15-12-19(29)25(34)20(13-15)33(37)38/h3-14,24,34H,2H2,1H3/b21-14-/t24-/m0/s1. The molecular weight excluding hydrogens is 605 g/mol. The first kappa shape index (κ1) is 27.2. The number of hydrogen-bond acceptors (Lipinski definition) is 8. The molecule has 1 aromatic heterocycles. The summed E-state index contributed by atoms with van der Waals surface area (Å²) in [6.45, 7) is 1.75. The number of thiazole rings is 1. The van der Waals surface area contributed by atoms with Gasteiger partial charge in [0.2, 0.25) is 5.75 Å². The van der Waals surface area contributed by atoms with Gasteiger partial charge in [-0.15, -0.1) is 0 Å². The number of aromatic nitrogens is 1. The van der Waals surface area contributed by atoms with Gasteiger partial charge in [0.1, 0.15) is 5.82 Å². The smallest absolute Gasteiger partial charge is 0.338 e. The summed E-state index contributed by atoms with van der Waals surface area (Å²) < 4.78 is 20.9. The van der Waals surface area contributed by atoms with Crippen molar-refractivity contribution in [3.05, 3.63) is 129 Å². The van der Waals surface area contributed by atoms with Crippen molar-refractivity contribution >= 4 is 50.7 Å². The molecule has 2 heterocycles. The van der Waals surface area contributed by atoms with Crippen LogP contribution in [0.3, 0.4) is 0 Å². The van der Waals surface area contributed by atoms with E-state index in [0.717, 1.165) is 17.4 Å². The van der Waals surface area contributed by atoms with E-state index < -0.39 is 39.7 Å². The molecule has 1 N–H and O–H groups in total. The molecule has 5 rings (SSSR count). The van der Waals surface area contributed by atoms with Gasteiger partial charge in [-0.1, -0.05) is 53.8 Å². The number of aromatic hydroxyl groups is 1. The number of nitro benzene ring substituents is 1. The first-order chi connectivity index (χ1) is 19.2. The molecule has 0 saturated carbocycles. The van der Waals surface area contributed by atoms with Crippen LogP contribution in [0.25, 0.3) is 11.8 Å². The molecule has 1 atom stereocenters. The molecular formula is C28H19BrFN3O6S. The van der Waals surface area contributed by atoms with Crippen molar-refractivity contribution in [1.29, 1.82) is 0 Å². The normalized spacial score (nSPS) is 15.0. The number of carbonyl (C=O) groups is 1. The molecule has 0 fully saturated rings. The van der Waals surface area contributed by atoms with Crippen LogP contribution in [-0.4, -0.2) is 27.2 Å². The van der Waals surface area contributed by atoms with Gasteiger partial charge < -0.3 is 9.84 Å². The van der Waals surface area contributed by atoms with Gasteiger partial charge in [-0.2, -0.15) is 0 Å². The van der Waals surface area contributed by atoms with Crippen LogP contribution in [0.15, 0.2) is 86.6 Å². The lowest BCUT2D eigenvalue weighted by Crippen LogP contribution is -2.40. The highest BCUT2D eigenvalue weighted by molar-refractivity contribution is 9.10. The summed E-state index contributed by atoms with van der Waals surface area (Å²) >= 11 is 4.14. The van der Waals surface area contributed by atoms with E-state index in [1.807, 2.05) is 6.07 Å². The Morgan fingerprint density at radius 2 is 1.93 bits per heavy atom. The first-order valence-corrected chi connectivity index (χ1v) is 13.5. The van der Waals surface area contributed by atoms with Crippen LogP contribution in [0.4, 0.5) is 10.1 Å². The Kier molecular flexibility index (Phi) is 7.46. The fraction of sp³-hybridized carbons (Fsp3) is 0.107. The zero-order valence-corrected chi connectivity index (χ0v) is 23.1. The van der Waals surface area contributed by atoms with Gasteiger partial charge in [-0.25, -0.2) is 14.2 Å². The number of esters is 1. The highest BCUT2D eigenvalue weighted by atomic mass is 79.9. The number of fused-ring (bicyclic) bond motifs is 1. The van der Waals surface area contributed by atoms with Gasteiger partial charge in [0.15, 0.2) is 4.80 Å². The number of phenolic OH excluding ortho intramolecular Hbond substituents is 1. The van der Waals surface area contributed by atoms with E-state index >= 15 is 0 Å². The molecule has 1 aliphatic heterocycles. The third-order valence-electron chi connectivity index (χ3n) is 6.12. The minimum atomic E-state index is -0.992. The number of halogens is 2. The Morgan fingerprint density at radius 1 is 1.23 bits per heavy atom. The molecule has 0 saturated heterocycles. The van der Waals surface area contributed by atoms with Gasteiger partial charge in [-0.05, 0) is 58.3 Å². The highest BCUT2D eigenvalue weighted by Gasteiger charge is 2.35. The lowest BCUT2D eigenvalue weighted by Gasteiger charge is -2.25. The van der Waals surface area contributed by atoms with Gasteiger partial charge in [0, 0.05) is 11.6 Å². The molecule has 0 spiro atoms. The van der Waals surface area contributed by atoms with Gasteiger partial charge in [0.05, 0.1) is 37.8 Å². The zero-order valence-electron chi connectivity index (χ0n) is 20.7. The van der Waals surface area contributed by atoms with Crippen LogP contribution >= 0.6 is 27.3 Å². The molecule has 0 amide bonds. The maximum Gasteiger partial charge on any atom is 0.338 e. The van der Waals surface area contributed by atoms with E-state index in [9.17, 15) is 29.2 Å².